The van der Waals surface area contributed by atoms with Crippen molar-refractivity contribution in [2.75, 3.05) is 5.32 Å². The van der Waals surface area contributed by atoms with Gasteiger partial charge in [-0.05, 0) is 48.4 Å². The number of benzene rings is 1. The Morgan fingerprint density at radius 3 is 2.94 bits per heavy atom. The van der Waals surface area contributed by atoms with Gasteiger partial charge in [0.15, 0.2) is 0 Å². The van der Waals surface area contributed by atoms with E-state index in [1.807, 2.05) is 0 Å². The van der Waals surface area contributed by atoms with Gasteiger partial charge < -0.3 is 5.32 Å². The van der Waals surface area contributed by atoms with E-state index in [9.17, 15) is 6.17 Å². The summed E-state index contributed by atoms with van der Waals surface area (Å²) in [5, 5.41) is 14.5. The molecule has 0 amide bonds. The normalized spacial score (nSPS) is 17.5. The first-order chi connectivity index (χ1) is 18.1. The molecule has 0 fully saturated rings. The predicted octanol–water partition coefficient (Wildman–Crippen LogP) is 2.91. The molecule has 1 atom stereocenters. The van der Waals surface area contributed by atoms with Crippen LogP contribution >= 0.6 is 11.6 Å². The fourth-order valence-electron chi connectivity index (χ4n) is 3.62. The number of anilines is 1. The molecule has 0 aliphatic rings. The Bertz CT molecular complexity index is 1800. The first-order valence-corrected chi connectivity index (χ1v) is 9.74. The summed E-state index contributed by atoms with van der Waals surface area (Å²) in [6.45, 7) is -2.17. The van der Waals surface area contributed by atoms with Crippen LogP contribution in [0.2, 0.25) is 5.15 Å². The zero-order valence-electron chi connectivity index (χ0n) is 23.8. The van der Waals surface area contributed by atoms with E-state index < -0.39 is 25.5 Å². The number of aromatic nitrogens is 8. The van der Waals surface area contributed by atoms with E-state index in [-0.39, 0.29) is 33.4 Å². The van der Waals surface area contributed by atoms with Crippen molar-refractivity contribution >= 4 is 33.8 Å². The Labute approximate surface area is 197 Å². The number of rotatable bonds is 4. The monoisotopic (exact) mass is 456 g/mol. The third-order valence-electron chi connectivity index (χ3n) is 4.99. The maximum absolute atomic E-state index is 13.4. The van der Waals surface area contributed by atoms with Crippen molar-refractivity contribution in [2.24, 2.45) is 14.0 Å². The lowest BCUT2D eigenvalue weighted by molar-refractivity contribution is 0.630. The van der Waals surface area contributed by atoms with Crippen LogP contribution in [0.3, 0.4) is 0 Å². The van der Waals surface area contributed by atoms with Gasteiger partial charge in [0.05, 0.1) is 37.2 Å². The smallest absolute Gasteiger partial charge is 0.261 e. The molecule has 11 heteroatoms. The zero-order chi connectivity index (χ0) is 28.5. The van der Waals surface area contributed by atoms with Gasteiger partial charge in [-0.15, -0.1) is 10.2 Å². The second-order valence-electron chi connectivity index (χ2n) is 7.15. The lowest BCUT2D eigenvalue weighted by Gasteiger charge is -2.20. The third-order valence-corrected chi connectivity index (χ3v) is 5.20. The average molecular weight is 457 g/mol. The molecule has 4 aromatic heterocycles. The van der Waals surface area contributed by atoms with E-state index in [1.54, 1.807) is 19.1 Å². The summed E-state index contributed by atoms with van der Waals surface area (Å²) in [7, 11) is 0. The molecule has 0 aliphatic heterocycles. The Morgan fingerprint density at radius 2 is 2.16 bits per heavy atom. The Morgan fingerprint density at radius 1 is 1.28 bits per heavy atom. The van der Waals surface area contributed by atoms with Gasteiger partial charge in [0.2, 0.25) is 5.82 Å². The number of tetrazole rings is 1. The fraction of sp³-hybridized carbons (Fsp3) is 0.238. The Hall–Kier alpha value is -3.79. The average Bonchev–Trinajstić information content (AvgIpc) is 3.49. The number of halogens is 1. The highest BCUT2D eigenvalue weighted by molar-refractivity contribution is 6.29. The summed E-state index contributed by atoms with van der Waals surface area (Å²) in [6.07, 6.45) is 2.65. The summed E-state index contributed by atoms with van der Waals surface area (Å²) >= 11 is 6.10. The largest absolute Gasteiger partial charge is 0.377 e. The molecule has 0 bridgehead atoms. The molecule has 1 aromatic carbocycles. The summed E-state index contributed by atoms with van der Waals surface area (Å²) in [5.74, 6) is -0.140. The lowest BCUT2D eigenvalue weighted by Crippen LogP contribution is -2.21. The van der Waals surface area contributed by atoms with Crippen molar-refractivity contribution in [1.82, 2.24) is 39.1 Å². The van der Waals surface area contributed by atoms with Crippen molar-refractivity contribution < 1.29 is 9.60 Å². The van der Waals surface area contributed by atoms with Crippen molar-refractivity contribution in [3.05, 3.63) is 63.4 Å². The molecule has 5 aromatic rings. The zero-order valence-corrected chi connectivity index (χ0v) is 17.6. The minimum absolute atomic E-state index is 0.0349. The molecule has 1 unspecified atom stereocenters. The molecule has 162 valence electrons. The second kappa shape index (κ2) is 7.41. The first kappa shape index (κ1) is 13.6. The Balaban J connectivity index is 1.71. The first-order valence-electron chi connectivity index (χ1n) is 12.9. The van der Waals surface area contributed by atoms with Crippen LogP contribution in [0.15, 0.2) is 41.6 Å². The van der Waals surface area contributed by atoms with Crippen LogP contribution in [0.1, 0.15) is 33.7 Å². The van der Waals surface area contributed by atoms with Gasteiger partial charge in [-0.25, -0.2) is 9.97 Å². The highest BCUT2D eigenvalue weighted by Gasteiger charge is 2.20. The summed E-state index contributed by atoms with van der Waals surface area (Å²) in [6, 6.07) is 4.59. The molecule has 1 N–H and O–H groups in total. The van der Waals surface area contributed by atoms with Gasteiger partial charge in [0.25, 0.3) is 5.56 Å². The molecule has 0 saturated carbocycles. The number of fused-ring (bicyclic) bond motifs is 3. The summed E-state index contributed by atoms with van der Waals surface area (Å²) < 4.78 is 57.6. The van der Waals surface area contributed by atoms with Crippen molar-refractivity contribution in [3.8, 4) is 11.5 Å². The summed E-state index contributed by atoms with van der Waals surface area (Å²) in [5.41, 5.74) is 0.795. The molecule has 0 aliphatic carbocycles. The number of nitrogens with one attached hydrogen (secondary N) is 1. The molecular weight excluding hydrogens is 430 g/mol. The van der Waals surface area contributed by atoms with Gasteiger partial charge in [-0.3, -0.25) is 13.8 Å². The molecule has 5 rings (SSSR count). The molecule has 0 saturated heterocycles. The van der Waals surface area contributed by atoms with E-state index in [1.165, 1.54) is 36.0 Å². The van der Waals surface area contributed by atoms with Crippen LogP contribution in [-0.2, 0) is 14.0 Å². The number of nitrogens with zero attached hydrogens (tertiary/aromatic N) is 8. The SMILES string of the molecule is [2H]C(C)(Nc1ccc(Cl)nc1-c1nnn(C([2H])([2H])[2H])n1)c1cc(C)cc2c(=O)n(C([2H])([2H])[2H])c3cncn3c12. The van der Waals surface area contributed by atoms with Crippen LogP contribution in [0, 0.1) is 6.92 Å². The van der Waals surface area contributed by atoms with Crippen molar-refractivity contribution in [3.63, 3.8) is 0 Å². The number of imidazole rings is 1. The van der Waals surface area contributed by atoms with Crippen LogP contribution in [0.5, 0.6) is 0 Å². The van der Waals surface area contributed by atoms with E-state index in [0.717, 1.165) is 0 Å². The van der Waals surface area contributed by atoms with E-state index >= 15 is 0 Å². The van der Waals surface area contributed by atoms with Gasteiger partial charge in [0.1, 0.15) is 22.8 Å². The standard InChI is InChI=1S/C21H20ClN9O/c1-11-7-13(19-14(8-11)21(32)29(3)17-9-23-10-31(17)19)12(2)24-15-5-6-16(22)25-18(15)20-26-28-30(4)27-20/h5-10,12,24H,1-4H3/i3D3,4D3,12D. The van der Waals surface area contributed by atoms with Crippen LogP contribution in [0.25, 0.3) is 28.1 Å². The molecular formula is C21H20ClN9O. The molecule has 10 nitrogen and oxygen atoms in total. The third kappa shape index (κ3) is 3.19. The molecule has 4 heterocycles. The van der Waals surface area contributed by atoms with Crippen molar-refractivity contribution in [2.45, 2.75) is 19.9 Å². The minimum Gasteiger partial charge on any atom is -0.377 e. The number of hydrogen-bond acceptors (Lipinski definition) is 7. The number of pyridine rings is 1. The molecule has 0 radical (unpaired) electrons. The number of hydrogen-bond donors (Lipinski definition) is 1. The van der Waals surface area contributed by atoms with Crippen molar-refractivity contribution in [1.29, 1.82) is 0 Å². The fourth-order valence-corrected chi connectivity index (χ4v) is 3.77. The van der Waals surface area contributed by atoms with Crippen LogP contribution in [0.4, 0.5) is 5.69 Å². The van der Waals surface area contributed by atoms with Crippen LogP contribution in [-0.4, -0.2) is 39.1 Å². The van der Waals surface area contributed by atoms with E-state index in [2.05, 4.69) is 30.7 Å². The Kier molecular flexibility index (Phi) is 3.15. The highest BCUT2D eigenvalue weighted by Crippen LogP contribution is 2.31. The van der Waals surface area contributed by atoms with Gasteiger partial charge in [-0.2, -0.15) is 4.80 Å². The van der Waals surface area contributed by atoms with E-state index in [4.69, 9.17) is 19.8 Å². The predicted molar refractivity (Wildman–Crippen MR) is 122 cm³/mol. The van der Waals surface area contributed by atoms with Crippen LogP contribution < -0.4 is 10.9 Å². The lowest BCUT2D eigenvalue weighted by atomic mass is 10.0. The van der Waals surface area contributed by atoms with Gasteiger partial charge in [0, 0.05) is 15.2 Å². The summed E-state index contributed by atoms with van der Waals surface area (Å²) in [4.78, 5) is 22.2. The maximum atomic E-state index is 13.4. The molecule has 32 heavy (non-hydrogen) atoms. The second-order valence-corrected chi connectivity index (χ2v) is 7.54. The minimum atomic E-state index is -2.76. The van der Waals surface area contributed by atoms with E-state index in [0.29, 0.717) is 26.0 Å². The van der Waals surface area contributed by atoms with Gasteiger partial charge >= 0.3 is 0 Å². The highest BCUT2D eigenvalue weighted by atomic mass is 35.5. The topological polar surface area (TPSA) is 108 Å². The van der Waals surface area contributed by atoms with Gasteiger partial charge in [-0.1, -0.05) is 17.7 Å². The molecule has 0 spiro atoms. The number of aryl methyl sites for hydroxylation is 3. The quantitative estimate of drug-likeness (QED) is 0.414. The maximum Gasteiger partial charge on any atom is 0.261 e.